The number of aryl methyl sites for hydroxylation is 1. The Morgan fingerprint density at radius 1 is 1.20 bits per heavy atom. The number of anilines is 1. The number of esters is 1. The highest BCUT2D eigenvalue weighted by molar-refractivity contribution is 6.00. The highest BCUT2D eigenvalue weighted by Crippen LogP contribution is 2.23. The van der Waals surface area contributed by atoms with Crippen LogP contribution < -0.4 is 4.90 Å². The van der Waals surface area contributed by atoms with Gasteiger partial charge in [0.25, 0.3) is 0 Å². The van der Waals surface area contributed by atoms with E-state index in [1.54, 1.807) is 40.0 Å². The third-order valence-corrected chi connectivity index (χ3v) is 2.59. The molecule has 5 nitrogen and oxygen atoms in total. The van der Waals surface area contributed by atoms with E-state index in [0.29, 0.717) is 11.3 Å². The Bertz CT molecular complexity index is 517. The molecule has 1 aromatic carbocycles. The van der Waals surface area contributed by atoms with Gasteiger partial charge in [-0.25, -0.2) is 9.59 Å². The predicted octanol–water partition coefficient (Wildman–Crippen LogP) is 3.15. The van der Waals surface area contributed by atoms with E-state index >= 15 is 0 Å². The van der Waals surface area contributed by atoms with Crippen molar-refractivity contribution in [2.45, 2.75) is 33.3 Å². The summed E-state index contributed by atoms with van der Waals surface area (Å²) in [6, 6.07) is 5.20. The third-order valence-electron chi connectivity index (χ3n) is 2.59. The minimum Gasteiger partial charge on any atom is -0.465 e. The lowest BCUT2D eigenvalue weighted by atomic mass is 10.1. The number of nitrogens with zero attached hydrogens (tertiary/aromatic N) is 1. The number of hydrogen-bond donors (Lipinski definition) is 0. The monoisotopic (exact) mass is 279 g/mol. The molecule has 0 atom stereocenters. The van der Waals surface area contributed by atoms with Crippen LogP contribution in [-0.2, 0) is 9.47 Å². The number of ether oxygens (including phenoxy) is 2. The molecule has 0 radical (unpaired) electrons. The molecule has 0 fully saturated rings. The van der Waals surface area contributed by atoms with Crippen LogP contribution in [-0.4, -0.2) is 31.8 Å². The van der Waals surface area contributed by atoms with Gasteiger partial charge in [0.2, 0.25) is 0 Å². The van der Waals surface area contributed by atoms with Crippen molar-refractivity contribution in [2.75, 3.05) is 19.1 Å². The number of benzene rings is 1. The Kier molecular flexibility index (Phi) is 4.76. The first-order valence-electron chi connectivity index (χ1n) is 6.31. The van der Waals surface area contributed by atoms with Crippen LogP contribution in [0.15, 0.2) is 18.2 Å². The van der Waals surface area contributed by atoms with Gasteiger partial charge in [-0.3, -0.25) is 4.90 Å². The molecule has 110 valence electrons. The van der Waals surface area contributed by atoms with Gasteiger partial charge < -0.3 is 9.47 Å². The molecule has 5 heteroatoms. The van der Waals surface area contributed by atoms with Crippen LogP contribution in [0.25, 0.3) is 0 Å². The molecule has 0 heterocycles. The van der Waals surface area contributed by atoms with Crippen LogP contribution in [0, 0.1) is 6.92 Å². The first kappa shape index (κ1) is 16.0. The first-order chi connectivity index (χ1) is 9.15. The molecule has 0 N–H and O–H groups in total. The van der Waals surface area contributed by atoms with Gasteiger partial charge in [-0.1, -0.05) is 11.6 Å². The van der Waals surface area contributed by atoms with Crippen molar-refractivity contribution in [1.29, 1.82) is 0 Å². The van der Waals surface area contributed by atoms with Crippen molar-refractivity contribution in [1.82, 2.24) is 0 Å². The van der Waals surface area contributed by atoms with E-state index < -0.39 is 17.7 Å². The van der Waals surface area contributed by atoms with Crippen molar-refractivity contribution in [2.24, 2.45) is 0 Å². The number of rotatable bonds is 2. The maximum Gasteiger partial charge on any atom is 0.414 e. The third kappa shape index (κ3) is 3.98. The van der Waals surface area contributed by atoms with Crippen molar-refractivity contribution < 1.29 is 19.1 Å². The summed E-state index contributed by atoms with van der Waals surface area (Å²) < 4.78 is 10.0. The Morgan fingerprint density at radius 3 is 2.30 bits per heavy atom. The van der Waals surface area contributed by atoms with Gasteiger partial charge in [0.05, 0.1) is 18.4 Å². The zero-order valence-corrected chi connectivity index (χ0v) is 12.8. The molecule has 0 saturated carbocycles. The number of hydrogen-bond acceptors (Lipinski definition) is 4. The van der Waals surface area contributed by atoms with E-state index in [9.17, 15) is 9.59 Å². The van der Waals surface area contributed by atoms with Crippen molar-refractivity contribution in [3.8, 4) is 0 Å². The second kappa shape index (κ2) is 5.94. The van der Waals surface area contributed by atoms with Crippen LogP contribution in [0.2, 0.25) is 0 Å². The zero-order valence-electron chi connectivity index (χ0n) is 12.8. The molecule has 0 aromatic heterocycles. The first-order valence-corrected chi connectivity index (χ1v) is 6.31. The fourth-order valence-electron chi connectivity index (χ4n) is 1.64. The molecule has 1 rings (SSSR count). The molecule has 1 amide bonds. The quantitative estimate of drug-likeness (QED) is 0.780. The van der Waals surface area contributed by atoms with Gasteiger partial charge in [-0.15, -0.1) is 0 Å². The van der Waals surface area contributed by atoms with Crippen LogP contribution in [0.3, 0.4) is 0 Å². The van der Waals surface area contributed by atoms with Gasteiger partial charge in [0, 0.05) is 7.05 Å². The van der Waals surface area contributed by atoms with Crippen LogP contribution in [0.4, 0.5) is 10.5 Å². The molecular weight excluding hydrogens is 258 g/mol. The summed E-state index contributed by atoms with van der Waals surface area (Å²) in [6.07, 6.45) is -0.522. The van der Waals surface area contributed by atoms with Crippen LogP contribution >= 0.6 is 0 Å². The second-order valence-electron chi connectivity index (χ2n) is 5.55. The Balaban J connectivity index is 3.12. The Morgan fingerprint density at radius 2 is 1.80 bits per heavy atom. The largest absolute Gasteiger partial charge is 0.465 e. The lowest BCUT2D eigenvalue weighted by molar-refractivity contribution is 0.0587. The number of carbonyl (C=O) groups is 2. The topological polar surface area (TPSA) is 55.8 Å². The molecule has 1 aromatic rings. The summed E-state index contributed by atoms with van der Waals surface area (Å²) in [4.78, 5) is 25.2. The molecular formula is C15H21NO4. The molecule has 0 aliphatic carbocycles. The van der Waals surface area contributed by atoms with Gasteiger partial charge in [-0.2, -0.15) is 0 Å². The van der Waals surface area contributed by atoms with Crippen LogP contribution in [0.1, 0.15) is 36.7 Å². The summed E-state index contributed by atoms with van der Waals surface area (Å²) in [6.45, 7) is 7.23. The lowest BCUT2D eigenvalue weighted by Crippen LogP contribution is -2.35. The zero-order chi connectivity index (χ0) is 15.5. The molecule has 20 heavy (non-hydrogen) atoms. The highest BCUT2D eigenvalue weighted by atomic mass is 16.6. The van der Waals surface area contributed by atoms with Gasteiger partial charge in [0.15, 0.2) is 0 Å². The van der Waals surface area contributed by atoms with E-state index in [-0.39, 0.29) is 0 Å². The number of carbonyl (C=O) groups excluding carboxylic acids is 2. The molecule has 0 unspecified atom stereocenters. The maximum atomic E-state index is 12.1. The molecule has 0 bridgehead atoms. The van der Waals surface area contributed by atoms with Gasteiger partial charge >= 0.3 is 12.1 Å². The lowest BCUT2D eigenvalue weighted by Gasteiger charge is -2.25. The SMILES string of the molecule is COC(=O)c1cc(C)ccc1N(C)C(=O)OC(C)(C)C. The van der Waals surface area contributed by atoms with E-state index in [1.807, 2.05) is 13.0 Å². The van der Waals surface area contributed by atoms with Crippen LogP contribution in [0.5, 0.6) is 0 Å². The minimum absolute atomic E-state index is 0.334. The van der Waals surface area contributed by atoms with Crippen molar-refractivity contribution in [3.05, 3.63) is 29.3 Å². The summed E-state index contributed by atoms with van der Waals surface area (Å²) in [7, 11) is 2.87. The highest BCUT2D eigenvalue weighted by Gasteiger charge is 2.24. The minimum atomic E-state index is -0.596. The normalized spacial score (nSPS) is 10.9. The van der Waals surface area contributed by atoms with E-state index in [1.165, 1.54) is 12.0 Å². The fraction of sp³-hybridized carbons (Fsp3) is 0.467. The average Bonchev–Trinajstić information content (AvgIpc) is 2.34. The molecule has 0 saturated heterocycles. The fourth-order valence-corrected chi connectivity index (χ4v) is 1.64. The average molecular weight is 279 g/mol. The van der Waals surface area contributed by atoms with Crippen molar-refractivity contribution >= 4 is 17.7 Å². The summed E-state index contributed by atoms with van der Waals surface area (Å²) in [5, 5.41) is 0. The van der Waals surface area contributed by atoms with E-state index in [4.69, 9.17) is 9.47 Å². The summed E-state index contributed by atoms with van der Waals surface area (Å²) in [5.41, 5.74) is 1.10. The van der Waals surface area contributed by atoms with Crippen molar-refractivity contribution in [3.63, 3.8) is 0 Å². The predicted molar refractivity (Wildman–Crippen MR) is 77.2 cm³/mol. The molecule has 0 aliphatic rings. The molecule has 0 spiro atoms. The summed E-state index contributed by atoms with van der Waals surface area (Å²) in [5.74, 6) is -0.487. The molecule has 0 aliphatic heterocycles. The smallest absolute Gasteiger partial charge is 0.414 e. The Labute approximate surface area is 119 Å². The number of amides is 1. The van der Waals surface area contributed by atoms with Gasteiger partial charge in [0.1, 0.15) is 5.60 Å². The standard InChI is InChI=1S/C15H21NO4/c1-10-7-8-12(11(9-10)13(17)19-6)16(5)14(18)20-15(2,3)4/h7-9H,1-6H3. The van der Waals surface area contributed by atoms with E-state index in [0.717, 1.165) is 5.56 Å². The number of methoxy groups -OCH3 is 1. The Hall–Kier alpha value is -2.04. The second-order valence-corrected chi connectivity index (χ2v) is 5.55. The maximum absolute atomic E-state index is 12.1. The summed E-state index contributed by atoms with van der Waals surface area (Å²) >= 11 is 0. The van der Waals surface area contributed by atoms with Gasteiger partial charge in [-0.05, 0) is 39.8 Å². The van der Waals surface area contributed by atoms with E-state index in [2.05, 4.69) is 0 Å².